The number of benzene rings is 1. The molecule has 0 fully saturated rings. The number of sulfonamides is 1. The van der Waals surface area contributed by atoms with Crippen molar-refractivity contribution < 1.29 is 8.42 Å². The smallest absolute Gasteiger partial charge is 0.243 e. The Labute approximate surface area is 132 Å². The first kappa shape index (κ1) is 15.9. The van der Waals surface area contributed by atoms with Crippen molar-refractivity contribution in [3.05, 3.63) is 52.3 Å². The van der Waals surface area contributed by atoms with Crippen LogP contribution in [-0.2, 0) is 23.0 Å². The minimum atomic E-state index is -3.68. The van der Waals surface area contributed by atoms with E-state index < -0.39 is 10.0 Å². The summed E-state index contributed by atoms with van der Waals surface area (Å²) in [7, 11) is -3.68. The molecule has 2 aromatic rings. The normalized spacial score (nSPS) is 11.5. The predicted octanol–water partition coefficient (Wildman–Crippen LogP) is 2.47. The van der Waals surface area contributed by atoms with Gasteiger partial charge in [0.05, 0.1) is 17.9 Å². The van der Waals surface area contributed by atoms with Crippen LogP contribution in [0.15, 0.2) is 45.9 Å². The molecule has 7 heteroatoms. The van der Waals surface area contributed by atoms with Crippen LogP contribution in [0.25, 0.3) is 0 Å². The van der Waals surface area contributed by atoms with Crippen LogP contribution < -0.4 is 10.5 Å². The number of pyridine rings is 1. The van der Waals surface area contributed by atoms with Crippen LogP contribution in [0.5, 0.6) is 0 Å². The Bertz CT molecular complexity index is 748. The van der Waals surface area contributed by atoms with Gasteiger partial charge in [0.15, 0.2) is 0 Å². The van der Waals surface area contributed by atoms with Gasteiger partial charge in [-0.05, 0) is 36.2 Å². The largest absolute Gasteiger partial charge is 0.398 e. The van der Waals surface area contributed by atoms with Crippen molar-refractivity contribution in [3.8, 4) is 0 Å². The number of halogens is 1. The zero-order valence-corrected chi connectivity index (χ0v) is 13.9. The predicted molar refractivity (Wildman–Crippen MR) is 86.2 cm³/mol. The fourth-order valence-electron chi connectivity index (χ4n) is 1.93. The Morgan fingerprint density at radius 3 is 2.81 bits per heavy atom. The minimum absolute atomic E-state index is 0.0610. The molecule has 3 N–H and O–H groups in total. The summed E-state index contributed by atoms with van der Waals surface area (Å²) in [4.78, 5) is 4.28. The second-order valence-corrected chi connectivity index (χ2v) is 7.12. The number of nitrogens with zero attached hydrogens (tertiary/aromatic N) is 1. The number of nitrogens with one attached hydrogen (secondary N) is 1. The number of hydrogen-bond donors (Lipinski definition) is 2. The SMILES string of the molecule is CCc1cccnc1CNS(=O)(=O)c1cc(Br)ccc1N. The molecule has 0 bridgehead atoms. The molecule has 1 aromatic heterocycles. The van der Waals surface area contributed by atoms with Gasteiger partial charge in [0.2, 0.25) is 10.0 Å². The van der Waals surface area contributed by atoms with Crippen LogP contribution in [-0.4, -0.2) is 13.4 Å². The maximum Gasteiger partial charge on any atom is 0.243 e. The van der Waals surface area contributed by atoms with Crippen molar-refractivity contribution >= 4 is 31.6 Å². The van der Waals surface area contributed by atoms with Crippen molar-refractivity contribution in [3.63, 3.8) is 0 Å². The summed E-state index contributed by atoms with van der Waals surface area (Å²) in [5.41, 5.74) is 7.69. The zero-order chi connectivity index (χ0) is 15.5. The second-order valence-electron chi connectivity index (χ2n) is 4.47. The van der Waals surface area contributed by atoms with Gasteiger partial charge < -0.3 is 5.73 Å². The Morgan fingerprint density at radius 2 is 2.10 bits per heavy atom. The number of aryl methyl sites for hydroxylation is 1. The molecule has 0 radical (unpaired) electrons. The van der Waals surface area contributed by atoms with Gasteiger partial charge in [-0.1, -0.05) is 28.9 Å². The number of nitrogens with two attached hydrogens (primary N) is 1. The van der Waals surface area contributed by atoms with E-state index in [0.717, 1.165) is 17.7 Å². The van der Waals surface area contributed by atoms with Gasteiger partial charge in [-0.25, -0.2) is 13.1 Å². The third-order valence-corrected chi connectivity index (χ3v) is 5.01. The third kappa shape index (κ3) is 3.81. The number of anilines is 1. The van der Waals surface area contributed by atoms with Crippen LogP contribution in [0, 0.1) is 0 Å². The summed E-state index contributed by atoms with van der Waals surface area (Å²) in [5, 5.41) is 0. The van der Waals surface area contributed by atoms with Crippen molar-refractivity contribution in [1.29, 1.82) is 0 Å². The number of hydrogen-bond acceptors (Lipinski definition) is 4. The fraction of sp³-hybridized carbons (Fsp3) is 0.214. The van der Waals surface area contributed by atoms with E-state index >= 15 is 0 Å². The van der Waals surface area contributed by atoms with Crippen LogP contribution in [0.1, 0.15) is 18.2 Å². The average molecular weight is 370 g/mol. The van der Waals surface area contributed by atoms with Gasteiger partial charge in [-0.2, -0.15) is 0 Å². The van der Waals surface area contributed by atoms with E-state index in [9.17, 15) is 8.42 Å². The second kappa shape index (κ2) is 6.55. The van der Waals surface area contributed by atoms with E-state index in [0.29, 0.717) is 4.47 Å². The van der Waals surface area contributed by atoms with Crippen LogP contribution >= 0.6 is 15.9 Å². The summed E-state index contributed by atoms with van der Waals surface area (Å²) in [6.45, 7) is 2.14. The lowest BCUT2D eigenvalue weighted by atomic mass is 10.1. The fourth-order valence-corrected chi connectivity index (χ4v) is 3.59. The molecule has 5 nitrogen and oxygen atoms in total. The molecule has 21 heavy (non-hydrogen) atoms. The molecule has 1 heterocycles. The van der Waals surface area contributed by atoms with Gasteiger partial charge >= 0.3 is 0 Å². The number of aromatic nitrogens is 1. The molecule has 0 unspecified atom stereocenters. The number of rotatable bonds is 5. The molecule has 0 saturated carbocycles. The molecule has 0 spiro atoms. The Kier molecular flexibility index (Phi) is 4.97. The van der Waals surface area contributed by atoms with Gasteiger partial charge in [-0.15, -0.1) is 0 Å². The van der Waals surface area contributed by atoms with Crippen molar-refractivity contribution in [2.45, 2.75) is 24.8 Å². The molecule has 0 atom stereocenters. The quantitative estimate of drug-likeness (QED) is 0.792. The topological polar surface area (TPSA) is 85.1 Å². The summed E-state index contributed by atoms with van der Waals surface area (Å²) in [6, 6.07) is 8.50. The van der Waals surface area contributed by atoms with E-state index in [1.165, 1.54) is 6.07 Å². The highest BCUT2D eigenvalue weighted by Gasteiger charge is 2.18. The third-order valence-electron chi connectivity index (χ3n) is 3.06. The monoisotopic (exact) mass is 369 g/mol. The maximum atomic E-state index is 12.3. The maximum absolute atomic E-state index is 12.3. The lowest BCUT2D eigenvalue weighted by molar-refractivity contribution is 0.580. The van der Waals surface area contributed by atoms with E-state index in [2.05, 4.69) is 25.6 Å². The first-order chi connectivity index (χ1) is 9.94. The van der Waals surface area contributed by atoms with Crippen LogP contribution in [0.4, 0.5) is 5.69 Å². The molecule has 2 rings (SSSR count). The van der Waals surface area contributed by atoms with Crippen molar-refractivity contribution in [2.24, 2.45) is 0 Å². The highest BCUT2D eigenvalue weighted by Crippen LogP contribution is 2.23. The van der Waals surface area contributed by atoms with E-state index in [4.69, 9.17) is 5.73 Å². The average Bonchev–Trinajstić information content (AvgIpc) is 2.48. The molecule has 0 aliphatic carbocycles. The minimum Gasteiger partial charge on any atom is -0.398 e. The summed E-state index contributed by atoms with van der Waals surface area (Å²) < 4.78 is 27.9. The molecule has 0 amide bonds. The molecule has 112 valence electrons. The summed E-state index contributed by atoms with van der Waals surface area (Å²) >= 11 is 3.25. The lowest BCUT2D eigenvalue weighted by Crippen LogP contribution is -2.25. The molecule has 0 saturated heterocycles. The number of nitrogen functional groups attached to an aromatic ring is 1. The first-order valence-electron chi connectivity index (χ1n) is 6.41. The summed E-state index contributed by atoms with van der Waals surface area (Å²) in [6.07, 6.45) is 2.44. The van der Waals surface area contributed by atoms with Gasteiger partial charge in [0, 0.05) is 10.7 Å². The molecule has 0 aliphatic rings. The van der Waals surface area contributed by atoms with Gasteiger partial charge in [0.25, 0.3) is 0 Å². The van der Waals surface area contributed by atoms with Gasteiger partial charge in [0.1, 0.15) is 4.90 Å². The lowest BCUT2D eigenvalue weighted by Gasteiger charge is -2.11. The summed E-state index contributed by atoms with van der Waals surface area (Å²) in [5.74, 6) is 0. The van der Waals surface area contributed by atoms with E-state index in [1.54, 1.807) is 18.3 Å². The first-order valence-corrected chi connectivity index (χ1v) is 8.69. The molecule has 1 aromatic carbocycles. The van der Waals surface area contributed by atoms with E-state index in [1.807, 2.05) is 19.1 Å². The van der Waals surface area contributed by atoms with E-state index in [-0.39, 0.29) is 17.1 Å². The van der Waals surface area contributed by atoms with Crippen LogP contribution in [0.3, 0.4) is 0 Å². The van der Waals surface area contributed by atoms with Crippen LogP contribution in [0.2, 0.25) is 0 Å². The van der Waals surface area contributed by atoms with Gasteiger partial charge in [-0.3, -0.25) is 4.98 Å². The molecule has 0 aliphatic heterocycles. The standard InChI is InChI=1S/C14H16BrN3O2S/c1-2-10-4-3-7-17-13(10)9-18-21(19,20)14-8-11(15)5-6-12(14)16/h3-8,18H,2,9,16H2,1H3. The Balaban J connectivity index is 2.24. The highest BCUT2D eigenvalue weighted by atomic mass is 79.9. The molecular weight excluding hydrogens is 354 g/mol. The Hall–Kier alpha value is -1.44. The molecular formula is C14H16BrN3O2S. The van der Waals surface area contributed by atoms with Crippen molar-refractivity contribution in [2.75, 3.05) is 5.73 Å². The Morgan fingerprint density at radius 1 is 1.33 bits per heavy atom. The van der Waals surface area contributed by atoms with Crippen molar-refractivity contribution in [1.82, 2.24) is 9.71 Å². The highest BCUT2D eigenvalue weighted by molar-refractivity contribution is 9.10. The zero-order valence-electron chi connectivity index (χ0n) is 11.5.